The molecule has 3 nitrogen and oxygen atoms in total. The van der Waals surface area contributed by atoms with Crippen molar-refractivity contribution in [2.45, 2.75) is 19.9 Å². The maximum Gasteiger partial charge on any atom is 0.326 e. The van der Waals surface area contributed by atoms with Crippen molar-refractivity contribution in [3.05, 3.63) is 30.1 Å². The molecule has 0 radical (unpaired) electrons. The van der Waals surface area contributed by atoms with Gasteiger partial charge in [0, 0.05) is 0 Å². The molecular formula is C11H14FNO2. The van der Waals surface area contributed by atoms with Gasteiger partial charge in [0.25, 0.3) is 0 Å². The molecule has 0 amide bonds. The zero-order valence-electron chi connectivity index (χ0n) is 8.70. The van der Waals surface area contributed by atoms with Gasteiger partial charge in [-0.2, -0.15) is 0 Å². The van der Waals surface area contributed by atoms with Crippen molar-refractivity contribution in [2.24, 2.45) is 5.92 Å². The number of halogens is 1. The molecule has 0 aliphatic rings. The van der Waals surface area contributed by atoms with Crippen LogP contribution in [0.15, 0.2) is 24.3 Å². The Balaban J connectivity index is 2.84. The molecule has 1 rings (SSSR count). The van der Waals surface area contributed by atoms with E-state index in [1.54, 1.807) is 26.0 Å². The third-order valence-corrected chi connectivity index (χ3v) is 2.12. The van der Waals surface area contributed by atoms with Gasteiger partial charge in [0.1, 0.15) is 11.9 Å². The number of aliphatic carboxylic acids is 1. The maximum absolute atomic E-state index is 13.2. The van der Waals surface area contributed by atoms with Gasteiger partial charge in [-0.15, -0.1) is 0 Å². The Morgan fingerprint density at radius 3 is 2.47 bits per heavy atom. The van der Waals surface area contributed by atoms with Gasteiger partial charge in [-0.25, -0.2) is 9.18 Å². The number of rotatable bonds is 4. The van der Waals surface area contributed by atoms with Crippen molar-refractivity contribution in [3.63, 3.8) is 0 Å². The fourth-order valence-corrected chi connectivity index (χ4v) is 1.26. The molecule has 0 aromatic heterocycles. The average molecular weight is 211 g/mol. The predicted octanol–water partition coefficient (Wildman–Crippen LogP) is 2.35. The largest absolute Gasteiger partial charge is 0.480 e. The lowest BCUT2D eigenvalue weighted by atomic mass is 10.0. The minimum atomic E-state index is -0.978. The number of hydrogen-bond donors (Lipinski definition) is 2. The third-order valence-electron chi connectivity index (χ3n) is 2.12. The topological polar surface area (TPSA) is 49.3 Å². The molecule has 0 spiro atoms. The first-order valence-corrected chi connectivity index (χ1v) is 4.76. The smallest absolute Gasteiger partial charge is 0.326 e. The summed E-state index contributed by atoms with van der Waals surface area (Å²) in [5.74, 6) is -1.53. The summed E-state index contributed by atoms with van der Waals surface area (Å²) < 4.78 is 13.2. The molecule has 0 fully saturated rings. The Labute approximate surface area is 87.9 Å². The van der Waals surface area contributed by atoms with E-state index >= 15 is 0 Å². The lowest BCUT2D eigenvalue weighted by Crippen LogP contribution is -2.34. The van der Waals surface area contributed by atoms with E-state index < -0.39 is 17.8 Å². The molecule has 0 aliphatic heterocycles. The highest BCUT2D eigenvalue weighted by Gasteiger charge is 2.21. The van der Waals surface area contributed by atoms with Crippen LogP contribution in [0.4, 0.5) is 10.1 Å². The van der Waals surface area contributed by atoms with Gasteiger partial charge in [-0.3, -0.25) is 0 Å². The van der Waals surface area contributed by atoms with Gasteiger partial charge >= 0.3 is 5.97 Å². The monoisotopic (exact) mass is 211 g/mol. The third kappa shape index (κ3) is 2.94. The van der Waals surface area contributed by atoms with Crippen LogP contribution < -0.4 is 5.32 Å². The average Bonchev–Trinajstić information content (AvgIpc) is 2.15. The van der Waals surface area contributed by atoms with Gasteiger partial charge in [0.15, 0.2) is 0 Å². The quantitative estimate of drug-likeness (QED) is 0.803. The summed E-state index contributed by atoms with van der Waals surface area (Å²) in [4.78, 5) is 10.9. The Bertz CT molecular complexity index is 352. The lowest BCUT2D eigenvalue weighted by molar-refractivity contribution is -0.138. The number of carbonyl (C=O) groups is 1. The molecule has 1 aromatic carbocycles. The second-order valence-electron chi connectivity index (χ2n) is 3.68. The molecule has 4 heteroatoms. The van der Waals surface area contributed by atoms with Crippen molar-refractivity contribution >= 4 is 11.7 Å². The van der Waals surface area contributed by atoms with E-state index in [1.807, 2.05) is 0 Å². The number of benzene rings is 1. The fraction of sp³-hybridized carbons (Fsp3) is 0.364. The first-order chi connectivity index (χ1) is 7.02. The van der Waals surface area contributed by atoms with E-state index in [2.05, 4.69) is 5.32 Å². The fourth-order valence-electron chi connectivity index (χ4n) is 1.26. The number of anilines is 1. The molecule has 0 unspecified atom stereocenters. The van der Waals surface area contributed by atoms with E-state index in [-0.39, 0.29) is 11.6 Å². The summed E-state index contributed by atoms with van der Waals surface area (Å²) in [5.41, 5.74) is 0.221. The normalized spacial score (nSPS) is 12.5. The molecule has 15 heavy (non-hydrogen) atoms. The van der Waals surface area contributed by atoms with Crippen molar-refractivity contribution in [3.8, 4) is 0 Å². The van der Waals surface area contributed by atoms with E-state index in [1.165, 1.54) is 12.1 Å². The molecule has 0 saturated carbocycles. The van der Waals surface area contributed by atoms with Crippen LogP contribution in [0.5, 0.6) is 0 Å². The Kier molecular flexibility index (Phi) is 3.66. The number of carboxylic acids is 1. The summed E-state index contributed by atoms with van der Waals surface area (Å²) in [6.07, 6.45) is 0. The van der Waals surface area contributed by atoms with E-state index in [9.17, 15) is 9.18 Å². The first-order valence-electron chi connectivity index (χ1n) is 4.76. The molecule has 1 atom stereocenters. The molecular weight excluding hydrogens is 197 g/mol. The lowest BCUT2D eigenvalue weighted by Gasteiger charge is -2.19. The molecule has 0 aliphatic carbocycles. The van der Waals surface area contributed by atoms with Gasteiger partial charge in [0.05, 0.1) is 5.69 Å². The summed E-state index contributed by atoms with van der Waals surface area (Å²) in [5, 5.41) is 11.6. The van der Waals surface area contributed by atoms with Crippen LogP contribution in [-0.2, 0) is 4.79 Å². The van der Waals surface area contributed by atoms with Gasteiger partial charge < -0.3 is 10.4 Å². The SMILES string of the molecule is CC(C)[C@H](Nc1ccccc1F)C(=O)O. The highest BCUT2D eigenvalue weighted by molar-refractivity contribution is 5.77. The Hall–Kier alpha value is -1.58. The number of hydrogen-bond acceptors (Lipinski definition) is 2. The van der Waals surface area contributed by atoms with E-state index in [0.717, 1.165) is 0 Å². The minimum Gasteiger partial charge on any atom is -0.480 e. The highest BCUT2D eigenvalue weighted by Crippen LogP contribution is 2.16. The Morgan fingerprint density at radius 2 is 2.00 bits per heavy atom. The van der Waals surface area contributed by atoms with Crippen molar-refractivity contribution < 1.29 is 14.3 Å². The second kappa shape index (κ2) is 4.77. The van der Waals surface area contributed by atoms with Gasteiger partial charge in [0.2, 0.25) is 0 Å². The highest BCUT2D eigenvalue weighted by atomic mass is 19.1. The zero-order chi connectivity index (χ0) is 11.4. The first kappa shape index (κ1) is 11.5. The van der Waals surface area contributed by atoms with Crippen molar-refractivity contribution in [1.29, 1.82) is 0 Å². The summed E-state index contributed by atoms with van der Waals surface area (Å²) in [6, 6.07) is 5.26. The number of carboxylic acid groups (broad SMARTS) is 1. The number of nitrogens with one attached hydrogen (secondary N) is 1. The minimum absolute atomic E-state index is 0.109. The van der Waals surface area contributed by atoms with Crippen molar-refractivity contribution in [2.75, 3.05) is 5.32 Å². The zero-order valence-corrected chi connectivity index (χ0v) is 8.70. The van der Waals surface area contributed by atoms with Crippen LogP contribution in [0, 0.1) is 11.7 Å². The molecule has 0 bridgehead atoms. The molecule has 0 heterocycles. The maximum atomic E-state index is 13.2. The van der Waals surface area contributed by atoms with Crippen LogP contribution in [-0.4, -0.2) is 17.1 Å². The standard InChI is InChI=1S/C11H14FNO2/c1-7(2)10(11(14)15)13-9-6-4-3-5-8(9)12/h3-7,10,13H,1-2H3,(H,14,15)/t10-/m0/s1. The summed E-state index contributed by atoms with van der Waals surface area (Å²) in [6.45, 7) is 3.54. The second-order valence-corrected chi connectivity index (χ2v) is 3.68. The predicted molar refractivity (Wildman–Crippen MR) is 56.3 cm³/mol. The van der Waals surface area contributed by atoms with Crippen molar-refractivity contribution in [1.82, 2.24) is 0 Å². The van der Waals surface area contributed by atoms with E-state index in [4.69, 9.17) is 5.11 Å². The molecule has 0 saturated heterocycles. The van der Waals surface area contributed by atoms with Crippen LogP contribution in [0.2, 0.25) is 0 Å². The number of para-hydroxylation sites is 1. The van der Waals surface area contributed by atoms with Crippen LogP contribution in [0.3, 0.4) is 0 Å². The molecule has 82 valence electrons. The van der Waals surface area contributed by atoms with Crippen LogP contribution >= 0.6 is 0 Å². The Morgan fingerprint density at radius 1 is 1.40 bits per heavy atom. The summed E-state index contributed by atoms with van der Waals surface area (Å²) >= 11 is 0. The van der Waals surface area contributed by atoms with E-state index in [0.29, 0.717) is 0 Å². The summed E-state index contributed by atoms with van der Waals surface area (Å²) in [7, 11) is 0. The van der Waals surface area contributed by atoms with Gasteiger partial charge in [-0.1, -0.05) is 26.0 Å². The van der Waals surface area contributed by atoms with Crippen LogP contribution in [0.1, 0.15) is 13.8 Å². The van der Waals surface area contributed by atoms with Crippen LogP contribution in [0.25, 0.3) is 0 Å². The molecule has 2 N–H and O–H groups in total. The van der Waals surface area contributed by atoms with Gasteiger partial charge in [-0.05, 0) is 18.1 Å². The molecule has 1 aromatic rings.